The van der Waals surface area contributed by atoms with E-state index in [1.54, 1.807) is 0 Å². The number of carbonyl (C=O) groups excluding carboxylic acids is 1. The molecule has 88 valence electrons. The Labute approximate surface area is 105 Å². The number of hydrogen-bond donors (Lipinski definition) is 0. The van der Waals surface area contributed by atoms with Gasteiger partial charge in [0.2, 0.25) is 0 Å². The molecule has 0 saturated carbocycles. The Kier molecular flexibility index (Phi) is 3.11. The molecule has 0 spiro atoms. The fraction of sp³-hybridized carbons (Fsp3) is 0.167. The van der Waals surface area contributed by atoms with Crippen LogP contribution in [0.25, 0.3) is 10.9 Å². The summed E-state index contributed by atoms with van der Waals surface area (Å²) in [5, 5.41) is 0.446. The van der Waals surface area contributed by atoms with E-state index < -0.39 is 5.82 Å². The van der Waals surface area contributed by atoms with Gasteiger partial charge < -0.3 is 4.57 Å². The van der Waals surface area contributed by atoms with Crippen LogP contribution in [0, 0.1) is 5.82 Å². The van der Waals surface area contributed by atoms with Crippen molar-refractivity contribution in [1.82, 2.24) is 4.57 Å². The summed E-state index contributed by atoms with van der Waals surface area (Å²) < 4.78 is 15.2. The number of aromatic nitrogens is 1. The van der Waals surface area contributed by atoms with Crippen LogP contribution in [0.1, 0.15) is 17.3 Å². The molecule has 0 fully saturated rings. The van der Waals surface area contributed by atoms with Crippen LogP contribution < -0.4 is 5.56 Å². The number of carbonyl (C=O) groups is 1. The van der Waals surface area contributed by atoms with Crippen LogP contribution >= 0.6 is 15.9 Å². The smallest absolute Gasteiger partial charge is 0.251 e. The van der Waals surface area contributed by atoms with E-state index in [2.05, 4.69) is 15.9 Å². The fourth-order valence-corrected chi connectivity index (χ4v) is 2.15. The van der Waals surface area contributed by atoms with Gasteiger partial charge in [-0.3, -0.25) is 9.59 Å². The highest BCUT2D eigenvalue weighted by Gasteiger charge is 2.10. The molecule has 0 amide bonds. The molecule has 3 nitrogen and oxygen atoms in total. The van der Waals surface area contributed by atoms with Gasteiger partial charge in [-0.05, 0) is 35.0 Å². The first-order valence-corrected chi connectivity index (χ1v) is 5.85. The number of fused-ring (bicyclic) bond motifs is 1. The lowest BCUT2D eigenvalue weighted by atomic mass is 10.1. The molecule has 0 unspecified atom stereocenters. The van der Waals surface area contributed by atoms with Gasteiger partial charge in [-0.25, -0.2) is 4.39 Å². The van der Waals surface area contributed by atoms with Gasteiger partial charge in [0.15, 0.2) is 6.29 Å². The molecule has 0 N–H and O–H groups in total. The van der Waals surface area contributed by atoms with Crippen LogP contribution in [0.2, 0.25) is 0 Å². The van der Waals surface area contributed by atoms with E-state index in [-0.39, 0.29) is 15.6 Å². The van der Waals surface area contributed by atoms with Gasteiger partial charge in [0.05, 0.1) is 9.99 Å². The number of nitrogens with zero attached hydrogens (tertiary/aromatic N) is 1. The van der Waals surface area contributed by atoms with E-state index >= 15 is 0 Å². The molecule has 0 aliphatic heterocycles. The van der Waals surface area contributed by atoms with Crippen molar-refractivity contribution in [2.45, 2.75) is 13.5 Å². The number of benzene rings is 1. The molecule has 0 aliphatic rings. The second kappa shape index (κ2) is 4.41. The minimum atomic E-state index is -0.457. The Morgan fingerprint density at radius 3 is 2.71 bits per heavy atom. The average molecular weight is 298 g/mol. The third kappa shape index (κ3) is 1.91. The van der Waals surface area contributed by atoms with Gasteiger partial charge in [0, 0.05) is 23.6 Å². The van der Waals surface area contributed by atoms with Gasteiger partial charge in [0.25, 0.3) is 5.56 Å². The van der Waals surface area contributed by atoms with E-state index in [0.29, 0.717) is 23.7 Å². The Hall–Kier alpha value is -1.49. The van der Waals surface area contributed by atoms with Gasteiger partial charge in [0.1, 0.15) is 5.82 Å². The number of aldehydes is 1. The zero-order valence-electron chi connectivity index (χ0n) is 9.04. The molecule has 0 aliphatic carbocycles. The molecule has 17 heavy (non-hydrogen) atoms. The maximum absolute atomic E-state index is 13.5. The molecule has 1 aromatic carbocycles. The molecular formula is C12H9BrFNO2. The predicted molar refractivity (Wildman–Crippen MR) is 66.9 cm³/mol. The standard InChI is InChI=1S/C12H9BrFNO2/c1-2-15-11-5-9(13)10(14)4-8(11)7(6-16)3-12(15)17/h3-6H,2H2,1H3. The van der Waals surface area contributed by atoms with Crippen LogP contribution in [0.4, 0.5) is 4.39 Å². The van der Waals surface area contributed by atoms with Gasteiger partial charge in [-0.15, -0.1) is 0 Å². The number of pyridine rings is 1. The van der Waals surface area contributed by atoms with Crippen molar-refractivity contribution < 1.29 is 9.18 Å². The molecule has 0 atom stereocenters. The van der Waals surface area contributed by atoms with Crippen molar-refractivity contribution >= 4 is 33.1 Å². The van der Waals surface area contributed by atoms with Crippen LogP contribution in [-0.4, -0.2) is 10.9 Å². The lowest BCUT2D eigenvalue weighted by Crippen LogP contribution is -2.19. The van der Waals surface area contributed by atoms with Crippen molar-refractivity contribution in [1.29, 1.82) is 0 Å². The van der Waals surface area contributed by atoms with Crippen molar-refractivity contribution in [3.05, 3.63) is 44.4 Å². The van der Waals surface area contributed by atoms with Crippen molar-refractivity contribution in [2.24, 2.45) is 0 Å². The van der Waals surface area contributed by atoms with Crippen molar-refractivity contribution in [3.63, 3.8) is 0 Å². The van der Waals surface area contributed by atoms with Crippen molar-refractivity contribution in [2.75, 3.05) is 0 Å². The summed E-state index contributed by atoms with van der Waals surface area (Å²) in [6.07, 6.45) is 0.567. The third-order valence-corrected chi connectivity index (χ3v) is 3.24. The highest BCUT2D eigenvalue weighted by Crippen LogP contribution is 2.24. The number of halogens is 2. The Balaban J connectivity index is 3.02. The quantitative estimate of drug-likeness (QED) is 0.800. The molecule has 0 radical (unpaired) electrons. The maximum Gasteiger partial charge on any atom is 0.251 e. The molecule has 1 heterocycles. The monoisotopic (exact) mass is 297 g/mol. The lowest BCUT2D eigenvalue weighted by Gasteiger charge is -2.10. The largest absolute Gasteiger partial charge is 0.308 e. The average Bonchev–Trinajstić information content (AvgIpc) is 2.30. The van der Waals surface area contributed by atoms with Gasteiger partial charge >= 0.3 is 0 Å². The number of rotatable bonds is 2. The molecule has 1 aromatic heterocycles. The van der Waals surface area contributed by atoms with Crippen LogP contribution in [0.3, 0.4) is 0 Å². The zero-order valence-corrected chi connectivity index (χ0v) is 10.6. The summed E-state index contributed by atoms with van der Waals surface area (Å²) in [7, 11) is 0. The summed E-state index contributed by atoms with van der Waals surface area (Å²) in [6, 6.07) is 4.00. The molecular weight excluding hydrogens is 289 g/mol. The topological polar surface area (TPSA) is 39.1 Å². The van der Waals surface area contributed by atoms with Gasteiger partial charge in [-0.2, -0.15) is 0 Å². The normalized spacial score (nSPS) is 10.8. The number of hydrogen-bond acceptors (Lipinski definition) is 2. The third-order valence-electron chi connectivity index (χ3n) is 2.63. The fourth-order valence-electron chi connectivity index (χ4n) is 1.82. The summed E-state index contributed by atoms with van der Waals surface area (Å²) in [5.74, 6) is -0.457. The Morgan fingerprint density at radius 2 is 2.12 bits per heavy atom. The van der Waals surface area contributed by atoms with Crippen LogP contribution in [0.5, 0.6) is 0 Å². The Morgan fingerprint density at radius 1 is 1.41 bits per heavy atom. The van der Waals surface area contributed by atoms with E-state index in [4.69, 9.17) is 0 Å². The first-order chi connectivity index (χ1) is 8.08. The molecule has 0 bridgehead atoms. The maximum atomic E-state index is 13.5. The summed E-state index contributed by atoms with van der Waals surface area (Å²) in [6.45, 7) is 2.28. The summed E-state index contributed by atoms with van der Waals surface area (Å²) in [4.78, 5) is 22.6. The van der Waals surface area contributed by atoms with Gasteiger partial charge in [-0.1, -0.05) is 0 Å². The molecule has 2 aromatic rings. The first-order valence-electron chi connectivity index (χ1n) is 5.06. The van der Waals surface area contributed by atoms with E-state index in [1.807, 2.05) is 6.92 Å². The van der Waals surface area contributed by atoms with E-state index in [9.17, 15) is 14.0 Å². The SMILES string of the molecule is CCn1c(=O)cc(C=O)c2cc(F)c(Br)cc21. The first kappa shape index (κ1) is 12.0. The van der Waals surface area contributed by atoms with E-state index in [1.165, 1.54) is 22.8 Å². The van der Waals surface area contributed by atoms with Crippen molar-refractivity contribution in [3.8, 4) is 0 Å². The summed E-state index contributed by atoms with van der Waals surface area (Å²) in [5.41, 5.74) is 0.497. The second-order valence-electron chi connectivity index (χ2n) is 3.58. The summed E-state index contributed by atoms with van der Waals surface area (Å²) >= 11 is 3.07. The highest BCUT2D eigenvalue weighted by atomic mass is 79.9. The number of aryl methyl sites for hydroxylation is 1. The minimum absolute atomic E-state index is 0.209. The second-order valence-corrected chi connectivity index (χ2v) is 4.44. The molecule has 5 heteroatoms. The lowest BCUT2D eigenvalue weighted by molar-refractivity contribution is 0.112. The molecule has 2 rings (SSSR count). The Bertz CT molecular complexity index is 664. The zero-order chi connectivity index (χ0) is 12.6. The highest BCUT2D eigenvalue weighted by molar-refractivity contribution is 9.10. The van der Waals surface area contributed by atoms with Crippen LogP contribution in [-0.2, 0) is 6.54 Å². The van der Waals surface area contributed by atoms with Crippen LogP contribution in [0.15, 0.2) is 27.5 Å². The minimum Gasteiger partial charge on any atom is -0.308 e. The molecule has 0 saturated heterocycles. The predicted octanol–water partition coefficient (Wildman–Crippen LogP) is 2.74. The van der Waals surface area contributed by atoms with E-state index in [0.717, 1.165) is 0 Å².